The van der Waals surface area contributed by atoms with Crippen molar-refractivity contribution in [2.24, 2.45) is 17.3 Å². The molecule has 0 radical (unpaired) electrons. The van der Waals surface area contributed by atoms with Gasteiger partial charge in [0.25, 0.3) is 0 Å². The number of hydrogen-bond acceptors (Lipinski definition) is 3. The fourth-order valence-corrected chi connectivity index (χ4v) is 3.66. The number of carbonyl (C=O) groups is 1. The third kappa shape index (κ3) is 3.74. The van der Waals surface area contributed by atoms with Crippen molar-refractivity contribution in [3.63, 3.8) is 0 Å². The maximum atomic E-state index is 12.4. The summed E-state index contributed by atoms with van der Waals surface area (Å²) in [5.74, 6) is 1.45. The molecule has 128 valence electrons. The second-order valence-electron chi connectivity index (χ2n) is 7.52. The van der Waals surface area contributed by atoms with E-state index in [2.05, 4.69) is 63.1 Å². The lowest BCUT2D eigenvalue weighted by Gasteiger charge is -2.11. The Morgan fingerprint density at radius 2 is 2.13 bits per heavy atom. The van der Waals surface area contributed by atoms with Crippen LogP contribution in [-0.2, 0) is 11.2 Å². The summed E-state index contributed by atoms with van der Waals surface area (Å²) < 4.78 is 2.63. The molecule has 1 aromatic rings. The molecule has 0 unspecified atom stereocenters. The molecular weight excluding hydrogens is 308 g/mol. The Labute approximate surface area is 143 Å². The predicted molar refractivity (Wildman–Crippen MR) is 94.7 cm³/mol. The Balaban J connectivity index is 1.92. The van der Waals surface area contributed by atoms with Crippen molar-refractivity contribution in [1.29, 1.82) is 0 Å². The first-order valence-electron chi connectivity index (χ1n) is 8.24. The minimum Gasteiger partial charge on any atom is -0.355 e. The number of hydrogen-bond donors (Lipinski definition) is 2. The number of carbonyl (C=O) groups excluding carboxylic acids is 1. The molecule has 0 bridgehead atoms. The van der Waals surface area contributed by atoms with E-state index in [-0.39, 0.29) is 23.3 Å². The molecule has 1 saturated carbocycles. The van der Waals surface area contributed by atoms with Crippen LogP contribution < -0.4 is 5.32 Å². The third-order valence-electron chi connectivity index (χ3n) is 4.65. The molecule has 2 rings (SSSR count). The summed E-state index contributed by atoms with van der Waals surface area (Å²) >= 11 is 5.24. The number of allylic oxidation sites excluding steroid dienone is 2. The smallest absolute Gasteiger partial charge is 0.224 e. The SMILES string of the molecule is CC(C)=C[C@H]1[C@@H](C(=O)NCCc2n[nH]c(=S)n2C(C)C)C1(C)C. The Morgan fingerprint density at radius 1 is 1.48 bits per heavy atom. The molecule has 0 aliphatic heterocycles. The second-order valence-corrected chi connectivity index (χ2v) is 7.91. The molecule has 6 heteroatoms. The van der Waals surface area contributed by atoms with Crippen molar-refractivity contribution in [2.45, 2.75) is 54.0 Å². The van der Waals surface area contributed by atoms with Gasteiger partial charge < -0.3 is 9.88 Å². The van der Waals surface area contributed by atoms with Gasteiger partial charge in [-0.05, 0) is 51.2 Å². The van der Waals surface area contributed by atoms with E-state index >= 15 is 0 Å². The van der Waals surface area contributed by atoms with Crippen LogP contribution in [0.3, 0.4) is 0 Å². The first-order chi connectivity index (χ1) is 10.7. The van der Waals surface area contributed by atoms with Gasteiger partial charge in [0.05, 0.1) is 5.92 Å². The molecular formula is C17H28N4OS. The summed E-state index contributed by atoms with van der Waals surface area (Å²) in [4.78, 5) is 12.4. The fraction of sp³-hybridized carbons (Fsp3) is 0.706. The van der Waals surface area contributed by atoms with Gasteiger partial charge in [0.15, 0.2) is 4.77 Å². The molecule has 0 spiro atoms. The molecule has 1 aliphatic carbocycles. The van der Waals surface area contributed by atoms with Crippen LogP contribution in [0.4, 0.5) is 0 Å². The molecule has 1 amide bonds. The Bertz CT molecular complexity index is 664. The first kappa shape index (κ1) is 17.9. The van der Waals surface area contributed by atoms with Crippen LogP contribution in [-0.4, -0.2) is 27.2 Å². The molecule has 2 N–H and O–H groups in total. The van der Waals surface area contributed by atoms with Gasteiger partial charge in [-0.15, -0.1) is 0 Å². The number of H-pyrrole nitrogens is 1. The summed E-state index contributed by atoms with van der Waals surface area (Å²) in [6, 6.07) is 0.261. The maximum absolute atomic E-state index is 12.4. The van der Waals surface area contributed by atoms with E-state index in [0.717, 1.165) is 5.82 Å². The number of rotatable bonds is 6. The Morgan fingerprint density at radius 3 is 2.70 bits per heavy atom. The van der Waals surface area contributed by atoms with Crippen LogP contribution in [0.15, 0.2) is 11.6 Å². The van der Waals surface area contributed by atoms with Gasteiger partial charge >= 0.3 is 0 Å². The van der Waals surface area contributed by atoms with Crippen LogP contribution in [0.25, 0.3) is 0 Å². The van der Waals surface area contributed by atoms with E-state index < -0.39 is 0 Å². The van der Waals surface area contributed by atoms with Crippen LogP contribution in [0, 0.1) is 22.0 Å². The molecule has 0 saturated heterocycles. The molecule has 0 aromatic carbocycles. The van der Waals surface area contributed by atoms with Gasteiger partial charge in [-0.25, -0.2) is 0 Å². The lowest BCUT2D eigenvalue weighted by molar-refractivity contribution is -0.123. The summed E-state index contributed by atoms with van der Waals surface area (Å²) in [5, 5.41) is 10.1. The minimum absolute atomic E-state index is 0.0549. The van der Waals surface area contributed by atoms with Gasteiger partial charge in [0, 0.05) is 19.0 Å². The normalized spacial score (nSPS) is 22.0. The van der Waals surface area contributed by atoms with Crippen molar-refractivity contribution >= 4 is 18.1 Å². The summed E-state index contributed by atoms with van der Waals surface area (Å²) in [5.41, 5.74) is 1.32. The largest absolute Gasteiger partial charge is 0.355 e. The van der Waals surface area contributed by atoms with E-state index in [1.165, 1.54) is 5.57 Å². The predicted octanol–water partition coefficient (Wildman–Crippen LogP) is 3.42. The lowest BCUT2D eigenvalue weighted by Crippen LogP contribution is -2.29. The minimum atomic E-state index is 0.0549. The number of nitrogens with one attached hydrogen (secondary N) is 2. The van der Waals surface area contributed by atoms with Gasteiger partial charge in [-0.1, -0.05) is 25.5 Å². The molecule has 5 nitrogen and oxygen atoms in total. The van der Waals surface area contributed by atoms with Crippen LogP contribution in [0.5, 0.6) is 0 Å². The van der Waals surface area contributed by atoms with Crippen LogP contribution >= 0.6 is 12.2 Å². The van der Waals surface area contributed by atoms with Crippen molar-refractivity contribution < 1.29 is 4.79 Å². The van der Waals surface area contributed by atoms with E-state index in [1.54, 1.807) is 0 Å². The highest BCUT2D eigenvalue weighted by Crippen LogP contribution is 2.59. The maximum Gasteiger partial charge on any atom is 0.224 e. The third-order valence-corrected chi connectivity index (χ3v) is 4.94. The monoisotopic (exact) mass is 336 g/mol. The van der Waals surface area contributed by atoms with Crippen LogP contribution in [0.2, 0.25) is 0 Å². The average Bonchev–Trinajstić information content (AvgIpc) is 2.76. The highest BCUT2D eigenvalue weighted by Gasteiger charge is 2.60. The van der Waals surface area contributed by atoms with Crippen molar-refractivity contribution in [3.05, 3.63) is 22.2 Å². The van der Waals surface area contributed by atoms with Gasteiger partial charge in [0.2, 0.25) is 5.91 Å². The quantitative estimate of drug-likeness (QED) is 0.618. The zero-order valence-corrected chi connectivity index (χ0v) is 15.8. The second kappa shape index (κ2) is 6.59. The first-order valence-corrected chi connectivity index (χ1v) is 8.65. The summed E-state index contributed by atoms with van der Waals surface area (Å²) in [6.45, 7) is 13.2. The molecule has 1 heterocycles. The van der Waals surface area contributed by atoms with Gasteiger partial charge in [-0.2, -0.15) is 5.10 Å². The highest BCUT2D eigenvalue weighted by molar-refractivity contribution is 7.71. The molecule has 1 aliphatic rings. The van der Waals surface area contributed by atoms with Gasteiger partial charge in [0.1, 0.15) is 5.82 Å². The van der Waals surface area contributed by atoms with Crippen molar-refractivity contribution in [2.75, 3.05) is 6.54 Å². The molecule has 23 heavy (non-hydrogen) atoms. The van der Waals surface area contributed by atoms with Crippen molar-refractivity contribution in [1.82, 2.24) is 20.1 Å². The Hall–Kier alpha value is -1.43. The summed E-state index contributed by atoms with van der Waals surface area (Å²) in [6.07, 6.45) is 2.89. The summed E-state index contributed by atoms with van der Waals surface area (Å²) in [7, 11) is 0. The highest BCUT2D eigenvalue weighted by atomic mass is 32.1. The van der Waals surface area contributed by atoms with Gasteiger partial charge in [-0.3, -0.25) is 9.89 Å². The van der Waals surface area contributed by atoms with E-state index in [9.17, 15) is 4.79 Å². The Kier molecular flexibility index (Phi) is 5.14. The lowest BCUT2D eigenvalue weighted by atomic mass is 10.1. The zero-order chi connectivity index (χ0) is 17.4. The molecule has 1 fully saturated rings. The van der Waals surface area contributed by atoms with E-state index in [4.69, 9.17) is 12.2 Å². The number of aromatic amines is 1. The van der Waals surface area contributed by atoms with E-state index in [1.807, 2.05) is 4.57 Å². The number of aromatic nitrogens is 3. The number of amides is 1. The fourth-order valence-electron chi connectivity index (χ4n) is 3.30. The molecule has 1 aromatic heterocycles. The topological polar surface area (TPSA) is 62.7 Å². The van der Waals surface area contributed by atoms with Crippen molar-refractivity contribution in [3.8, 4) is 0 Å². The molecule has 2 atom stereocenters. The van der Waals surface area contributed by atoms with Crippen LogP contribution in [0.1, 0.15) is 53.4 Å². The number of nitrogens with zero attached hydrogens (tertiary/aromatic N) is 2. The standard InChI is InChI=1S/C17H28N4OS/c1-10(2)9-12-14(17(12,5)6)15(22)18-8-7-13-19-20-16(23)21(13)11(3)4/h9,11-12,14H,7-8H2,1-6H3,(H,18,22)(H,20,23)/t12-,14-/m0/s1. The average molecular weight is 337 g/mol. The zero-order valence-electron chi connectivity index (χ0n) is 14.9. The van der Waals surface area contributed by atoms with E-state index in [0.29, 0.717) is 23.7 Å².